The van der Waals surface area contributed by atoms with E-state index < -0.39 is 0 Å². The Labute approximate surface area is 97.4 Å². The number of nitrogens with zero attached hydrogens (tertiary/aromatic N) is 1. The van der Waals surface area contributed by atoms with Crippen molar-refractivity contribution in [1.82, 2.24) is 9.55 Å². The van der Waals surface area contributed by atoms with Crippen molar-refractivity contribution >= 4 is 12.2 Å². The summed E-state index contributed by atoms with van der Waals surface area (Å²) >= 11 is 5.22. The molecule has 0 saturated heterocycles. The van der Waals surface area contributed by atoms with Gasteiger partial charge >= 0.3 is 0 Å². The van der Waals surface area contributed by atoms with Crippen LogP contribution in [0.15, 0.2) is 24.4 Å². The quantitative estimate of drug-likeness (QED) is 0.771. The maximum atomic E-state index is 5.33. The van der Waals surface area contributed by atoms with Crippen molar-refractivity contribution in [3.8, 4) is 17.2 Å². The highest BCUT2D eigenvalue weighted by molar-refractivity contribution is 7.71. The van der Waals surface area contributed by atoms with E-state index >= 15 is 0 Å². The van der Waals surface area contributed by atoms with E-state index in [2.05, 4.69) is 4.98 Å². The molecule has 1 aromatic heterocycles. The Morgan fingerprint density at radius 2 is 2.12 bits per heavy atom. The summed E-state index contributed by atoms with van der Waals surface area (Å²) in [6.45, 7) is 2.26. The van der Waals surface area contributed by atoms with Gasteiger partial charge in [0.15, 0.2) is 16.3 Å². The molecule has 1 aliphatic heterocycles. The number of hydrogen-bond acceptors (Lipinski definition) is 3. The second-order valence-corrected chi connectivity index (χ2v) is 4.04. The molecule has 0 spiro atoms. The first-order chi connectivity index (χ1) is 7.74. The molecule has 0 bridgehead atoms. The van der Waals surface area contributed by atoms with E-state index in [9.17, 15) is 0 Å². The molecule has 4 nitrogen and oxygen atoms in total. The number of nitrogens with one attached hydrogen (secondary N) is 1. The third-order valence-corrected chi connectivity index (χ3v) is 2.78. The van der Waals surface area contributed by atoms with Crippen LogP contribution in [-0.4, -0.2) is 16.3 Å². The minimum absolute atomic E-state index is 0.288. The minimum Gasteiger partial charge on any atom is -0.454 e. The molecule has 16 heavy (non-hydrogen) atoms. The SMILES string of the molecule is Cc1cn(-c2ccc3c(c2)OCO3)c(=S)[nH]1. The zero-order valence-electron chi connectivity index (χ0n) is 8.69. The lowest BCUT2D eigenvalue weighted by molar-refractivity contribution is 0.174. The number of benzene rings is 1. The van der Waals surface area contributed by atoms with E-state index in [0.717, 1.165) is 22.9 Å². The molecule has 82 valence electrons. The Morgan fingerprint density at radius 1 is 1.31 bits per heavy atom. The molecule has 0 saturated carbocycles. The van der Waals surface area contributed by atoms with Crippen LogP contribution in [0, 0.1) is 11.7 Å². The first-order valence-electron chi connectivity index (χ1n) is 4.92. The lowest BCUT2D eigenvalue weighted by Crippen LogP contribution is -1.93. The molecule has 2 heterocycles. The van der Waals surface area contributed by atoms with Crippen molar-refractivity contribution < 1.29 is 9.47 Å². The van der Waals surface area contributed by atoms with Gasteiger partial charge in [-0.1, -0.05) is 0 Å². The number of ether oxygens (including phenoxy) is 2. The fourth-order valence-electron chi connectivity index (χ4n) is 1.74. The van der Waals surface area contributed by atoms with Gasteiger partial charge in [0.05, 0.1) is 5.69 Å². The van der Waals surface area contributed by atoms with E-state index in [4.69, 9.17) is 21.7 Å². The number of aryl methyl sites for hydroxylation is 1. The van der Waals surface area contributed by atoms with Gasteiger partial charge < -0.3 is 14.5 Å². The Bertz CT molecular complexity index is 600. The molecule has 0 atom stereocenters. The summed E-state index contributed by atoms with van der Waals surface area (Å²) in [4.78, 5) is 3.08. The average molecular weight is 234 g/mol. The summed E-state index contributed by atoms with van der Waals surface area (Å²) in [7, 11) is 0. The minimum atomic E-state index is 0.288. The maximum absolute atomic E-state index is 5.33. The second-order valence-electron chi connectivity index (χ2n) is 3.65. The van der Waals surface area contributed by atoms with E-state index in [1.54, 1.807) is 0 Å². The van der Waals surface area contributed by atoms with Crippen molar-refractivity contribution in [2.24, 2.45) is 0 Å². The van der Waals surface area contributed by atoms with E-state index in [-0.39, 0.29) is 6.79 Å². The van der Waals surface area contributed by atoms with Crippen LogP contribution in [0.3, 0.4) is 0 Å². The molecular formula is C11H10N2O2S. The van der Waals surface area contributed by atoms with Gasteiger partial charge in [0.2, 0.25) is 6.79 Å². The van der Waals surface area contributed by atoms with Crippen LogP contribution < -0.4 is 9.47 Å². The van der Waals surface area contributed by atoms with Gasteiger partial charge in [-0.25, -0.2) is 0 Å². The van der Waals surface area contributed by atoms with Crippen molar-refractivity contribution in [2.75, 3.05) is 6.79 Å². The van der Waals surface area contributed by atoms with E-state index in [1.165, 1.54) is 0 Å². The highest BCUT2D eigenvalue weighted by Gasteiger charge is 2.14. The zero-order valence-corrected chi connectivity index (χ0v) is 9.50. The van der Waals surface area contributed by atoms with Gasteiger partial charge in [-0.2, -0.15) is 0 Å². The van der Waals surface area contributed by atoms with Crippen LogP contribution in [0.4, 0.5) is 0 Å². The summed E-state index contributed by atoms with van der Waals surface area (Å²) in [6, 6.07) is 5.77. The Kier molecular flexibility index (Phi) is 2.00. The maximum Gasteiger partial charge on any atom is 0.231 e. The highest BCUT2D eigenvalue weighted by atomic mass is 32.1. The Balaban J connectivity index is 2.14. The number of aromatic nitrogens is 2. The van der Waals surface area contributed by atoms with Crippen LogP contribution in [-0.2, 0) is 0 Å². The summed E-state index contributed by atoms with van der Waals surface area (Å²) in [6.07, 6.45) is 1.96. The number of fused-ring (bicyclic) bond motifs is 1. The molecular weight excluding hydrogens is 224 g/mol. The predicted molar refractivity (Wildman–Crippen MR) is 61.8 cm³/mol. The van der Waals surface area contributed by atoms with Crippen molar-refractivity contribution in [1.29, 1.82) is 0 Å². The van der Waals surface area contributed by atoms with Gasteiger partial charge in [0, 0.05) is 18.0 Å². The first-order valence-corrected chi connectivity index (χ1v) is 5.33. The second kappa shape index (κ2) is 3.38. The predicted octanol–water partition coefficient (Wildman–Crippen LogP) is 2.57. The highest BCUT2D eigenvalue weighted by Crippen LogP contribution is 2.33. The molecule has 2 aromatic rings. The normalized spacial score (nSPS) is 13.1. The smallest absolute Gasteiger partial charge is 0.231 e. The van der Waals surface area contributed by atoms with Crippen molar-refractivity contribution in [2.45, 2.75) is 6.92 Å². The van der Waals surface area contributed by atoms with Gasteiger partial charge in [-0.05, 0) is 31.3 Å². The van der Waals surface area contributed by atoms with E-state index in [0.29, 0.717) is 4.77 Å². The molecule has 0 radical (unpaired) electrons. The lowest BCUT2D eigenvalue weighted by Gasteiger charge is -2.03. The Hall–Kier alpha value is -1.75. The first kappa shape index (κ1) is 9.47. The van der Waals surface area contributed by atoms with Crippen LogP contribution >= 0.6 is 12.2 Å². The van der Waals surface area contributed by atoms with Gasteiger partial charge in [-0.3, -0.25) is 4.57 Å². The standard InChI is InChI=1S/C11H10N2O2S/c1-7-5-13(11(16)12-7)8-2-3-9-10(4-8)15-6-14-9/h2-5H,6H2,1H3,(H,12,16). The molecule has 0 unspecified atom stereocenters. The molecule has 0 aliphatic carbocycles. The molecule has 3 rings (SSSR count). The number of hydrogen-bond donors (Lipinski definition) is 1. The molecule has 0 amide bonds. The Morgan fingerprint density at radius 3 is 2.88 bits per heavy atom. The monoisotopic (exact) mass is 234 g/mol. The largest absolute Gasteiger partial charge is 0.454 e. The van der Waals surface area contributed by atoms with Crippen molar-refractivity contribution in [3.05, 3.63) is 34.9 Å². The number of imidazole rings is 1. The van der Waals surface area contributed by atoms with Gasteiger partial charge in [0.1, 0.15) is 0 Å². The van der Waals surface area contributed by atoms with Crippen LogP contribution in [0.5, 0.6) is 11.5 Å². The van der Waals surface area contributed by atoms with E-state index in [1.807, 2.05) is 35.9 Å². The average Bonchev–Trinajstić information content (AvgIpc) is 2.83. The van der Waals surface area contributed by atoms with Crippen LogP contribution in [0.1, 0.15) is 5.69 Å². The molecule has 5 heteroatoms. The van der Waals surface area contributed by atoms with Crippen molar-refractivity contribution in [3.63, 3.8) is 0 Å². The summed E-state index contributed by atoms with van der Waals surface area (Å²) < 4.78 is 13.2. The number of aromatic amines is 1. The zero-order chi connectivity index (χ0) is 11.1. The third kappa shape index (κ3) is 1.40. The molecule has 1 N–H and O–H groups in total. The summed E-state index contributed by atoms with van der Waals surface area (Å²) in [5.74, 6) is 1.54. The summed E-state index contributed by atoms with van der Waals surface area (Å²) in [5.41, 5.74) is 2.00. The third-order valence-electron chi connectivity index (χ3n) is 2.48. The van der Waals surface area contributed by atoms with Crippen LogP contribution in [0.25, 0.3) is 5.69 Å². The van der Waals surface area contributed by atoms with Gasteiger partial charge in [0.25, 0.3) is 0 Å². The topological polar surface area (TPSA) is 39.2 Å². The molecule has 1 aromatic carbocycles. The number of H-pyrrole nitrogens is 1. The van der Waals surface area contributed by atoms with Gasteiger partial charge in [-0.15, -0.1) is 0 Å². The number of rotatable bonds is 1. The fraction of sp³-hybridized carbons (Fsp3) is 0.182. The fourth-order valence-corrected chi connectivity index (χ4v) is 2.06. The summed E-state index contributed by atoms with van der Waals surface area (Å²) in [5, 5.41) is 0. The van der Waals surface area contributed by atoms with Crippen LogP contribution in [0.2, 0.25) is 0 Å². The molecule has 1 aliphatic rings. The molecule has 0 fully saturated rings. The lowest BCUT2D eigenvalue weighted by atomic mass is 10.3.